The maximum atomic E-state index is 11.4. The van der Waals surface area contributed by atoms with Crippen LogP contribution in [-0.2, 0) is 16.4 Å². The van der Waals surface area contributed by atoms with E-state index in [0.29, 0.717) is 12.3 Å². The van der Waals surface area contributed by atoms with Crippen molar-refractivity contribution in [2.24, 2.45) is 0 Å². The summed E-state index contributed by atoms with van der Waals surface area (Å²) in [6, 6.07) is 6.14. The van der Waals surface area contributed by atoms with Crippen LogP contribution in [-0.4, -0.2) is 47.4 Å². The number of sulfone groups is 1. The standard InChI is InChI=1S/C12H13N3O5S/c1-21(18,19)10-4-2-3-9(7-10)20-6-5-15-8-11(12(16)17)13-14-15/h2-4,7-8H,5-6H2,1H3,(H,16,17). The molecule has 0 aliphatic carbocycles. The first-order chi connectivity index (χ1) is 9.86. The number of carboxylic acids is 1. The number of aromatic carboxylic acids is 1. The topological polar surface area (TPSA) is 111 Å². The summed E-state index contributed by atoms with van der Waals surface area (Å²) in [5.74, 6) is -0.737. The van der Waals surface area contributed by atoms with E-state index in [4.69, 9.17) is 9.84 Å². The molecule has 0 aliphatic heterocycles. The normalized spacial score (nSPS) is 11.3. The van der Waals surface area contributed by atoms with Crippen LogP contribution in [0.5, 0.6) is 5.75 Å². The van der Waals surface area contributed by atoms with E-state index in [9.17, 15) is 13.2 Å². The Hall–Kier alpha value is -2.42. The van der Waals surface area contributed by atoms with E-state index in [0.717, 1.165) is 6.26 Å². The number of hydrogen-bond acceptors (Lipinski definition) is 6. The maximum absolute atomic E-state index is 11.4. The minimum Gasteiger partial charge on any atom is -0.492 e. The van der Waals surface area contributed by atoms with Crippen molar-refractivity contribution in [1.82, 2.24) is 15.0 Å². The predicted octanol–water partition coefficient (Wildman–Crippen LogP) is 0.459. The molecule has 0 atom stereocenters. The molecule has 0 saturated heterocycles. The lowest BCUT2D eigenvalue weighted by molar-refractivity contribution is 0.0690. The highest BCUT2D eigenvalue weighted by atomic mass is 32.2. The summed E-state index contributed by atoms with van der Waals surface area (Å²) in [7, 11) is -3.28. The maximum Gasteiger partial charge on any atom is 0.358 e. The molecule has 21 heavy (non-hydrogen) atoms. The van der Waals surface area contributed by atoms with E-state index in [1.807, 2.05) is 0 Å². The van der Waals surface area contributed by atoms with Gasteiger partial charge in [0.25, 0.3) is 0 Å². The molecule has 1 aromatic heterocycles. The third-order valence-electron chi connectivity index (χ3n) is 2.58. The van der Waals surface area contributed by atoms with Crippen molar-refractivity contribution in [3.63, 3.8) is 0 Å². The summed E-state index contributed by atoms with van der Waals surface area (Å²) < 4.78 is 29.6. The van der Waals surface area contributed by atoms with Gasteiger partial charge in [0.1, 0.15) is 12.4 Å². The monoisotopic (exact) mass is 311 g/mol. The van der Waals surface area contributed by atoms with E-state index in [1.165, 1.54) is 23.0 Å². The number of rotatable bonds is 6. The van der Waals surface area contributed by atoms with Crippen LogP contribution in [0.4, 0.5) is 0 Å². The average Bonchev–Trinajstić information content (AvgIpc) is 2.87. The van der Waals surface area contributed by atoms with Gasteiger partial charge in [0.2, 0.25) is 0 Å². The largest absolute Gasteiger partial charge is 0.492 e. The summed E-state index contributed by atoms with van der Waals surface area (Å²) in [6.07, 6.45) is 2.41. The zero-order valence-electron chi connectivity index (χ0n) is 11.1. The summed E-state index contributed by atoms with van der Waals surface area (Å²) in [5, 5.41) is 15.8. The van der Waals surface area contributed by atoms with Crippen LogP contribution in [0.3, 0.4) is 0 Å². The molecule has 0 bridgehead atoms. The van der Waals surface area contributed by atoms with Crippen molar-refractivity contribution in [1.29, 1.82) is 0 Å². The smallest absolute Gasteiger partial charge is 0.358 e. The van der Waals surface area contributed by atoms with E-state index >= 15 is 0 Å². The number of benzene rings is 1. The zero-order chi connectivity index (χ0) is 15.5. The molecule has 2 aromatic rings. The Bertz CT molecular complexity index is 754. The first kappa shape index (κ1) is 15.0. The van der Waals surface area contributed by atoms with E-state index in [2.05, 4.69) is 10.3 Å². The fourth-order valence-corrected chi connectivity index (χ4v) is 2.21. The Morgan fingerprint density at radius 1 is 1.43 bits per heavy atom. The number of carbonyl (C=O) groups is 1. The van der Waals surface area contributed by atoms with E-state index in [1.54, 1.807) is 12.1 Å². The van der Waals surface area contributed by atoms with Gasteiger partial charge in [-0.05, 0) is 18.2 Å². The molecule has 0 saturated carbocycles. The second kappa shape index (κ2) is 5.92. The first-order valence-electron chi connectivity index (χ1n) is 5.92. The molecule has 0 unspecified atom stereocenters. The summed E-state index contributed by atoms with van der Waals surface area (Å²) in [4.78, 5) is 10.8. The highest BCUT2D eigenvalue weighted by Gasteiger charge is 2.09. The molecule has 0 fully saturated rings. The van der Waals surface area contributed by atoms with Crippen LogP contribution in [0.25, 0.3) is 0 Å². The van der Waals surface area contributed by atoms with Crippen molar-refractivity contribution in [2.75, 3.05) is 12.9 Å². The van der Waals surface area contributed by atoms with Crippen LogP contribution in [0.15, 0.2) is 35.4 Å². The van der Waals surface area contributed by atoms with Crippen molar-refractivity contribution in [3.05, 3.63) is 36.2 Å². The molecule has 112 valence electrons. The van der Waals surface area contributed by atoms with Crippen LogP contribution < -0.4 is 4.74 Å². The molecule has 8 nitrogen and oxygen atoms in total. The number of carboxylic acid groups (broad SMARTS) is 1. The summed E-state index contributed by atoms with van der Waals surface area (Å²) in [6.45, 7) is 0.499. The van der Waals surface area contributed by atoms with Crippen molar-refractivity contribution in [3.8, 4) is 5.75 Å². The molecular weight excluding hydrogens is 298 g/mol. The van der Waals surface area contributed by atoms with Gasteiger partial charge in [-0.3, -0.25) is 0 Å². The summed E-state index contributed by atoms with van der Waals surface area (Å²) in [5.41, 5.74) is -0.144. The van der Waals surface area contributed by atoms with Crippen molar-refractivity contribution >= 4 is 15.8 Å². The quantitative estimate of drug-likeness (QED) is 0.824. The molecule has 1 heterocycles. The third-order valence-corrected chi connectivity index (χ3v) is 3.69. The van der Waals surface area contributed by atoms with Crippen LogP contribution in [0.2, 0.25) is 0 Å². The number of aromatic nitrogens is 3. The van der Waals surface area contributed by atoms with Gasteiger partial charge in [0.05, 0.1) is 17.6 Å². The Labute approximate surface area is 120 Å². The van der Waals surface area contributed by atoms with Gasteiger partial charge in [-0.2, -0.15) is 0 Å². The fraction of sp³-hybridized carbons (Fsp3) is 0.250. The summed E-state index contributed by atoms with van der Waals surface area (Å²) >= 11 is 0. The highest BCUT2D eigenvalue weighted by Crippen LogP contribution is 2.17. The van der Waals surface area contributed by atoms with Gasteiger partial charge in [0, 0.05) is 6.26 Å². The van der Waals surface area contributed by atoms with Gasteiger partial charge in [-0.25, -0.2) is 17.9 Å². The fourth-order valence-electron chi connectivity index (χ4n) is 1.56. The lowest BCUT2D eigenvalue weighted by atomic mass is 10.3. The van der Waals surface area contributed by atoms with E-state index < -0.39 is 15.8 Å². The second-order valence-corrected chi connectivity index (χ2v) is 6.28. The van der Waals surface area contributed by atoms with Crippen molar-refractivity contribution in [2.45, 2.75) is 11.4 Å². The van der Waals surface area contributed by atoms with Gasteiger partial charge >= 0.3 is 5.97 Å². The molecule has 0 aliphatic rings. The average molecular weight is 311 g/mol. The van der Waals surface area contributed by atoms with Crippen LogP contribution in [0, 0.1) is 0 Å². The van der Waals surface area contributed by atoms with Gasteiger partial charge in [-0.15, -0.1) is 5.10 Å². The second-order valence-electron chi connectivity index (χ2n) is 4.27. The minimum atomic E-state index is -3.28. The van der Waals surface area contributed by atoms with Crippen LogP contribution >= 0.6 is 0 Å². The molecule has 0 amide bonds. The van der Waals surface area contributed by atoms with Crippen LogP contribution in [0.1, 0.15) is 10.5 Å². The first-order valence-corrected chi connectivity index (χ1v) is 7.82. The molecule has 2 rings (SSSR count). The zero-order valence-corrected chi connectivity index (χ0v) is 11.9. The third kappa shape index (κ3) is 4.02. The molecular formula is C12H13N3O5S. The molecule has 0 radical (unpaired) electrons. The molecule has 1 aromatic carbocycles. The predicted molar refractivity (Wildman–Crippen MR) is 72.0 cm³/mol. The Balaban J connectivity index is 1.95. The Morgan fingerprint density at radius 3 is 2.81 bits per heavy atom. The lowest BCUT2D eigenvalue weighted by Gasteiger charge is -2.07. The Kier molecular flexibility index (Phi) is 4.22. The molecule has 0 spiro atoms. The molecule has 9 heteroatoms. The number of hydrogen-bond donors (Lipinski definition) is 1. The van der Waals surface area contributed by atoms with Crippen molar-refractivity contribution < 1.29 is 23.1 Å². The van der Waals surface area contributed by atoms with E-state index in [-0.39, 0.29) is 17.2 Å². The lowest BCUT2D eigenvalue weighted by Crippen LogP contribution is -2.09. The number of nitrogens with zero attached hydrogens (tertiary/aromatic N) is 3. The Morgan fingerprint density at radius 2 is 2.19 bits per heavy atom. The molecule has 1 N–H and O–H groups in total. The SMILES string of the molecule is CS(=O)(=O)c1cccc(OCCn2cc(C(=O)O)nn2)c1. The van der Waals surface area contributed by atoms with Gasteiger partial charge < -0.3 is 9.84 Å². The minimum absolute atomic E-state index is 0.144. The number of ether oxygens (including phenoxy) is 1. The van der Waals surface area contributed by atoms with Gasteiger partial charge in [-0.1, -0.05) is 11.3 Å². The van der Waals surface area contributed by atoms with Gasteiger partial charge in [0.15, 0.2) is 15.5 Å². The highest BCUT2D eigenvalue weighted by molar-refractivity contribution is 7.90.